The number of aliphatic hydroxyl groups is 1. The molecule has 1 rings (SSSR count). The number of nitrogens with two attached hydrogens (primary N) is 3. The molecule has 0 bridgehead atoms. The van der Waals surface area contributed by atoms with Crippen molar-refractivity contribution in [2.75, 3.05) is 17.2 Å². The van der Waals surface area contributed by atoms with Crippen LogP contribution in [0.3, 0.4) is 0 Å². The lowest BCUT2D eigenvalue weighted by Crippen LogP contribution is -2.34. The van der Waals surface area contributed by atoms with Gasteiger partial charge in [0.2, 0.25) is 17.8 Å². The number of halogens is 2. The largest absolute Gasteiger partial charge is 0.470 e. The van der Waals surface area contributed by atoms with Gasteiger partial charge in [0.25, 0.3) is 0 Å². The molecule has 2 atom stereocenters. The third-order valence-electron chi connectivity index (χ3n) is 2.12. The molecule has 11 nitrogen and oxygen atoms in total. The fourth-order valence-electron chi connectivity index (χ4n) is 0.792. The van der Waals surface area contributed by atoms with Crippen LogP contribution in [0.5, 0.6) is 0 Å². The van der Waals surface area contributed by atoms with Gasteiger partial charge in [0.15, 0.2) is 0 Å². The number of phosphoric ester groups is 1. The monoisotopic (exact) mass is 466 g/mol. The second-order valence-electron chi connectivity index (χ2n) is 4.48. The Morgan fingerprint density at radius 3 is 1.64 bits per heavy atom. The maximum atomic E-state index is 10.5. The molecule has 0 fully saturated rings. The molecular formula is C8H17Br2N6O5P. The van der Waals surface area contributed by atoms with Crippen molar-refractivity contribution >= 4 is 57.5 Å². The van der Waals surface area contributed by atoms with E-state index >= 15 is 0 Å². The molecule has 9 N–H and O–H groups in total. The Kier molecular flexibility index (Phi) is 8.12. The lowest BCUT2D eigenvalue weighted by atomic mass is 9.96. The minimum atomic E-state index is -4.54. The van der Waals surface area contributed by atoms with Gasteiger partial charge in [-0.05, 0) is 0 Å². The average Bonchev–Trinajstić information content (AvgIpc) is 2.24. The highest BCUT2D eigenvalue weighted by atomic mass is 79.9. The molecular weight excluding hydrogens is 451 g/mol. The van der Waals surface area contributed by atoms with Gasteiger partial charge in [-0.15, -0.1) is 0 Å². The molecule has 0 aliphatic rings. The highest BCUT2D eigenvalue weighted by Crippen LogP contribution is 2.45. The zero-order valence-electron chi connectivity index (χ0n) is 11.6. The number of nitrogens with zero attached hydrogens (tertiary/aromatic N) is 3. The molecule has 0 aromatic carbocycles. The molecule has 22 heavy (non-hydrogen) atoms. The second-order valence-corrected chi connectivity index (χ2v) is 7.37. The fraction of sp³-hybridized carbons (Fsp3) is 0.625. The first-order valence-electron chi connectivity index (χ1n) is 5.48. The molecule has 1 aromatic rings. The third kappa shape index (κ3) is 8.17. The van der Waals surface area contributed by atoms with E-state index in [2.05, 4.69) is 51.3 Å². The maximum Gasteiger partial charge on any atom is 0.470 e. The molecule has 1 heterocycles. The summed E-state index contributed by atoms with van der Waals surface area (Å²) in [4.78, 5) is 27.5. The molecule has 0 amide bonds. The summed E-state index contributed by atoms with van der Waals surface area (Å²) in [6, 6.07) is 0. The number of phosphoric acid groups is 1. The Labute approximate surface area is 143 Å². The molecule has 0 saturated heterocycles. The van der Waals surface area contributed by atoms with E-state index in [1.165, 1.54) is 0 Å². The van der Waals surface area contributed by atoms with Gasteiger partial charge in [-0.3, -0.25) is 4.52 Å². The number of hydrogen-bond donors (Lipinski definition) is 6. The van der Waals surface area contributed by atoms with Crippen molar-refractivity contribution in [3.8, 4) is 0 Å². The van der Waals surface area contributed by atoms with E-state index in [-0.39, 0.29) is 17.8 Å². The van der Waals surface area contributed by atoms with Gasteiger partial charge < -0.3 is 32.1 Å². The molecule has 128 valence electrons. The van der Waals surface area contributed by atoms with Crippen molar-refractivity contribution in [2.45, 2.75) is 23.9 Å². The predicted octanol–water partition coefficient (Wildman–Crippen LogP) is 0.174. The van der Waals surface area contributed by atoms with E-state index in [0.29, 0.717) is 0 Å². The van der Waals surface area contributed by atoms with Crippen molar-refractivity contribution in [1.29, 1.82) is 0 Å². The summed E-state index contributed by atoms with van der Waals surface area (Å²) in [5.41, 5.74) is 14.6. The lowest BCUT2D eigenvalue weighted by Gasteiger charge is -2.31. The molecule has 0 spiro atoms. The number of aliphatic hydroxyl groups excluding tert-OH is 1. The summed E-state index contributed by atoms with van der Waals surface area (Å²) in [5, 5.41) is 7.32. The Hall–Kier alpha value is -0.560. The number of aromatic nitrogens is 3. The van der Waals surface area contributed by atoms with Crippen molar-refractivity contribution < 1.29 is 24.0 Å². The Morgan fingerprint density at radius 2 is 1.41 bits per heavy atom. The van der Waals surface area contributed by atoms with Gasteiger partial charge in [0.1, 0.15) is 10.0 Å². The van der Waals surface area contributed by atoms with E-state index in [9.17, 15) is 9.67 Å². The Morgan fingerprint density at radius 1 is 1.09 bits per heavy atom. The molecule has 2 unspecified atom stereocenters. The van der Waals surface area contributed by atoms with Crippen molar-refractivity contribution in [3.05, 3.63) is 0 Å². The van der Waals surface area contributed by atoms with Crippen LogP contribution < -0.4 is 17.2 Å². The Bertz CT molecular complexity index is 491. The smallest absolute Gasteiger partial charge is 0.381 e. The average molecular weight is 468 g/mol. The lowest BCUT2D eigenvalue weighted by molar-refractivity contribution is 0.0463. The SMILES string of the molecule is CC(C)(C(O)Br)C(Br)OP(=O)(O)O.Nc1nc(N)nc(N)n1. The first kappa shape index (κ1) is 21.4. The summed E-state index contributed by atoms with van der Waals surface area (Å²) in [7, 11) is -4.54. The van der Waals surface area contributed by atoms with Crippen LogP contribution in [-0.4, -0.2) is 39.9 Å². The van der Waals surface area contributed by atoms with E-state index < -0.39 is 23.3 Å². The number of alkyl halides is 2. The maximum absolute atomic E-state index is 10.5. The summed E-state index contributed by atoms with van der Waals surface area (Å²) in [6.45, 7) is 3.17. The number of hydrogen-bond acceptors (Lipinski definition) is 9. The number of rotatable bonds is 4. The standard InChI is InChI=1S/C5H11Br2O5P.C3H6N6/c1-5(2,3(6)8)4(7)12-13(9,10)11;4-1-7-2(5)9-3(6)8-1/h3-4,8H,1-2H3,(H2,9,10,11);(H6,4,5,6,7,8,9). The highest BCUT2D eigenvalue weighted by Gasteiger charge is 2.38. The Balaban J connectivity index is 0.000000425. The molecule has 14 heteroatoms. The van der Waals surface area contributed by atoms with Crippen LogP contribution in [0.4, 0.5) is 17.8 Å². The van der Waals surface area contributed by atoms with Gasteiger partial charge in [0, 0.05) is 5.41 Å². The first-order chi connectivity index (χ1) is 9.75. The van der Waals surface area contributed by atoms with E-state index in [0.717, 1.165) is 0 Å². The first-order valence-corrected chi connectivity index (χ1v) is 8.84. The van der Waals surface area contributed by atoms with Crippen molar-refractivity contribution in [2.24, 2.45) is 5.41 Å². The molecule has 0 saturated carbocycles. The van der Waals surface area contributed by atoms with Crippen LogP contribution in [0.2, 0.25) is 0 Å². The summed E-state index contributed by atoms with van der Waals surface area (Å²) in [5.74, 6) is 0.125. The van der Waals surface area contributed by atoms with Crippen LogP contribution in [-0.2, 0) is 9.09 Å². The molecule has 0 radical (unpaired) electrons. The van der Waals surface area contributed by atoms with Gasteiger partial charge in [0.05, 0.1) is 0 Å². The quantitative estimate of drug-likeness (QED) is 0.260. The molecule has 0 aliphatic heterocycles. The topological polar surface area (TPSA) is 204 Å². The van der Waals surface area contributed by atoms with Crippen LogP contribution in [0.15, 0.2) is 0 Å². The normalized spacial score (nSPS) is 14.7. The van der Waals surface area contributed by atoms with Gasteiger partial charge in [-0.2, -0.15) is 15.0 Å². The van der Waals surface area contributed by atoms with Crippen molar-refractivity contribution in [3.63, 3.8) is 0 Å². The second kappa shape index (κ2) is 8.34. The van der Waals surface area contributed by atoms with Crippen LogP contribution in [0, 0.1) is 5.41 Å². The number of nitrogen functional groups attached to an aromatic ring is 3. The van der Waals surface area contributed by atoms with E-state index in [1.54, 1.807) is 13.8 Å². The van der Waals surface area contributed by atoms with Gasteiger partial charge in [-0.25, -0.2) is 4.57 Å². The summed E-state index contributed by atoms with van der Waals surface area (Å²) < 4.78 is 14.8. The minimum Gasteiger partial charge on any atom is -0.381 e. The third-order valence-corrected chi connectivity index (χ3v) is 5.44. The van der Waals surface area contributed by atoms with Crippen LogP contribution >= 0.6 is 39.7 Å². The van der Waals surface area contributed by atoms with E-state index in [4.69, 9.17) is 27.0 Å². The molecule has 0 aliphatic carbocycles. The van der Waals surface area contributed by atoms with Crippen LogP contribution in [0.1, 0.15) is 13.8 Å². The van der Waals surface area contributed by atoms with Crippen LogP contribution in [0.25, 0.3) is 0 Å². The van der Waals surface area contributed by atoms with E-state index in [1.807, 2.05) is 0 Å². The predicted molar refractivity (Wildman–Crippen MR) is 87.6 cm³/mol. The fourth-order valence-corrected chi connectivity index (χ4v) is 2.80. The number of anilines is 3. The molecule has 1 aromatic heterocycles. The summed E-state index contributed by atoms with van der Waals surface area (Å²) >= 11 is 5.83. The minimum absolute atomic E-state index is 0.0417. The summed E-state index contributed by atoms with van der Waals surface area (Å²) in [6.07, 6.45) is 0. The zero-order valence-corrected chi connectivity index (χ0v) is 15.7. The zero-order chi connectivity index (χ0) is 17.7. The highest BCUT2D eigenvalue weighted by molar-refractivity contribution is 9.10. The van der Waals surface area contributed by atoms with Gasteiger partial charge in [-0.1, -0.05) is 45.7 Å². The van der Waals surface area contributed by atoms with Gasteiger partial charge >= 0.3 is 7.82 Å². The van der Waals surface area contributed by atoms with Crippen molar-refractivity contribution in [1.82, 2.24) is 15.0 Å².